The highest BCUT2D eigenvalue weighted by molar-refractivity contribution is 14.0. The van der Waals surface area contributed by atoms with Crippen LogP contribution in [0.4, 0.5) is 0 Å². The SMILES string of the molecule is CCc1nn(C)c(CC)c1CNC(=NC)NC(C)C.I. The van der Waals surface area contributed by atoms with Crippen molar-refractivity contribution in [2.75, 3.05) is 7.05 Å². The molecule has 0 bridgehead atoms. The molecular formula is C14H28IN5. The van der Waals surface area contributed by atoms with Crippen LogP contribution in [0.25, 0.3) is 0 Å². The van der Waals surface area contributed by atoms with Crippen LogP contribution in [0.1, 0.15) is 44.6 Å². The number of hydrogen-bond acceptors (Lipinski definition) is 2. The smallest absolute Gasteiger partial charge is 0.191 e. The number of hydrogen-bond donors (Lipinski definition) is 2. The highest BCUT2D eigenvalue weighted by Gasteiger charge is 2.13. The highest BCUT2D eigenvalue weighted by atomic mass is 127. The number of aryl methyl sites for hydroxylation is 2. The minimum Gasteiger partial charge on any atom is -0.354 e. The first kappa shape index (κ1) is 19.2. The van der Waals surface area contributed by atoms with Gasteiger partial charge in [0.2, 0.25) is 0 Å². The lowest BCUT2D eigenvalue weighted by molar-refractivity contribution is 0.692. The van der Waals surface area contributed by atoms with Gasteiger partial charge in [0.25, 0.3) is 0 Å². The standard InChI is InChI=1S/C14H27N5.HI/c1-7-12-11(13(8-2)19(6)18-12)9-16-14(15-5)17-10(3)4;/h10H,7-9H2,1-6H3,(H2,15,16,17);1H. The summed E-state index contributed by atoms with van der Waals surface area (Å²) < 4.78 is 1.99. The lowest BCUT2D eigenvalue weighted by Gasteiger charge is -2.15. The van der Waals surface area contributed by atoms with Gasteiger partial charge in [-0.2, -0.15) is 5.10 Å². The van der Waals surface area contributed by atoms with E-state index in [9.17, 15) is 0 Å². The lowest BCUT2D eigenvalue weighted by atomic mass is 10.1. The van der Waals surface area contributed by atoms with Crippen molar-refractivity contribution in [3.63, 3.8) is 0 Å². The molecule has 116 valence electrons. The lowest BCUT2D eigenvalue weighted by Crippen LogP contribution is -2.40. The monoisotopic (exact) mass is 393 g/mol. The van der Waals surface area contributed by atoms with Crippen molar-refractivity contribution in [1.29, 1.82) is 0 Å². The second kappa shape index (κ2) is 9.20. The fourth-order valence-corrected chi connectivity index (χ4v) is 2.23. The minimum absolute atomic E-state index is 0. The van der Waals surface area contributed by atoms with Gasteiger partial charge in [0.05, 0.1) is 5.69 Å². The fourth-order valence-electron chi connectivity index (χ4n) is 2.23. The number of aliphatic imine (C=N–C) groups is 1. The maximum Gasteiger partial charge on any atom is 0.191 e. The molecule has 0 unspecified atom stereocenters. The second-order valence-corrected chi connectivity index (χ2v) is 4.93. The van der Waals surface area contributed by atoms with Gasteiger partial charge in [-0.25, -0.2) is 0 Å². The Morgan fingerprint density at radius 3 is 2.40 bits per heavy atom. The Morgan fingerprint density at radius 2 is 1.95 bits per heavy atom. The van der Waals surface area contributed by atoms with Crippen LogP contribution in [0.3, 0.4) is 0 Å². The molecule has 0 aliphatic heterocycles. The van der Waals surface area contributed by atoms with E-state index in [0.29, 0.717) is 6.04 Å². The van der Waals surface area contributed by atoms with Crippen LogP contribution in [-0.2, 0) is 26.4 Å². The molecule has 1 aromatic rings. The molecule has 1 rings (SSSR count). The molecule has 0 fully saturated rings. The number of halogens is 1. The summed E-state index contributed by atoms with van der Waals surface area (Å²) in [7, 11) is 3.81. The molecule has 1 heterocycles. The van der Waals surface area contributed by atoms with E-state index in [1.165, 1.54) is 17.0 Å². The van der Waals surface area contributed by atoms with Gasteiger partial charge in [-0.1, -0.05) is 13.8 Å². The predicted molar refractivity (Wildman–Crippen MR) is 95.8 cm³/mol. The molecule has 5 nitrogen and oxygen atoms in total. The molecule has 0 aromatic carbocycles. The first-order chi connectivity index (χ1) is 9.03. The molecule has 0 saturated carbocycles. The van der Waals surface area contributed by atoms with E-state index in [-0.39, 0.29) is 24.0 Å². The zero-order valence-corrected chi connectivity index (χ0v) is 15.8. The maximum absolute atomic E-state index is 4.58. The van der Waals surface area contributed by atoms with Gasteiger partial charge in [-0.3, -0.25) is 9.67 Å². The van der Waals surface area contributed by atoms with E-state index in [1.807, 2.05) is 11.7 Å². The summed E-state index contributed by atoms with van der Waals surface area (Å²) in [6.45, 7) is 9.29. The molecule has 2 N–H and O–H groups in total. The van der Waals surface area contributed by atoms with Gasteiger partial charge in [0, 0.05) is 37.9 Å². The van der Waals surface area contributed by atoms with E-state index in [2.05, 4.69) is 48.4 Å². The summed E-state index contributed by atoms with van der Waals surface area (Å²) in [4.78, 5) is 4.23. The third kappa shape index (κ3) is 4.96. The molecular weight excluding hydrogens is 365 g/mol. The van der Waals surface area contributed by atoms with E-state index in [0.717, 1.165) is 25.3 Å². The van der Waals surface area contributed by atoms with Gasteiger partial charge in [-0.15, -0.1) is 24.0 Å². The minimum atomic E-state index is 0. The van der Waals surface area contributed by atoms with Crippen LogP contribution in [-0.4, -0.2) is 28.8 Å². The highest BCUT2D eigenvalue weighted by Crippen LogP contribution is 2.15. The van der Waals surface area contributed by atoms with Gasteiger partial charge in [0.15, 0.2) is 5.96 Å². The molecule has 6 heteroatoms. The molecule has 20 heavy (non-hydrogen) atoms. The fraction of sp³-hybridized carbons (Fsp3) is 0.714. The Balaban J connectivity index is 0.00000361. The average molecular weight is 393 g/mol. The molecule has 0 amide bonds. The molecule has 0 atom stereocenters. The van der Waals surface area contributed by atoms with Gasteiger partial charge in [0.1, 0.15) is 0 Å². The molecule has 0 radical (unpaired) electrons. The summed E-state index contributed by atoms with van der Waals surface area (Å²) in [5.41, 5.74) is 3.77. The summed E-state index contributed by atoms with van der Waals surface area (Å²) in [6, 6.07) is 0.372. The van der Waals surface area contributed by atoms with Crippen molar-refractivity contribution in [3.05, 3.63) is 17.0 Å². The third-order valence-corrected chi connectivity index (χ3v) is 3.11. The topological polar surface area (TPSA) is 54.2 Å². The second-order valence-electron chi connectivity index (χ2n) is 4.93. The Kier molecular flexibility index (Phi) is 8.84. The molecule has 0 spiro atoms. The van der Waals surface area contributed by atoms with E-state index in [1.54, 1.807) is 7.05 Å². The number of guanidine groups is 1. The average Bonchev–Trinajstić information content (AvgIpc) is 2.69. The van der Waals surface area contributed by atoms with Crippen molar-refractivity contribution in [1.82, 2.24) is 20.4 Å². The van der Waals surface area contributed by atoms with Crippen LogP contribution in [0.5, 0.6) is 0 Å². The number of rotatable bonds is 5. The Bertz CT molecular complexity index is 437. The quantitative estimate of drug-likeness (QED) is 0.458. The normalized spacial score (nSPS) is 11.4. The van der Waals surface area contributed by atoms with Gasteiger partial charge >= 0.3 is 0 Å². The largest absolute Gasteiger partial charge is 0.354 e. The van der Waals surface area contributed by atoms with Crippen LogP contribution in [0.2, 0.25) is 0 Å². The molecule has 0 saturated heterocycles. The van der Waals surface area contributed by atoms with Gasteiger partial charge in [-0.05, 0) is 26.7 Å². The Labute approximate surface area is 139 Å². The maximum atomic E-state index is 4.58. The van der Waals surface area contributed by atoms with E-state index < -0.39 is 0 Å². The number of aromatic nitrogens is 2. The molecule has 0 aliphatic rings. The van der Waals surface area contributed by atoms with Crippen molar-refractivity contribution in [2.45, 2.75) is 53.1 Å². The Hall–Kier alpha value is -0.790. The van der Waals surface area contributed by atoms with Gasteiger partial charge < -0.3 is 10.6 Å². The molecule has 1 aromatic heterocycles. The van der Waals surface area contributed by atoms with Crippen molar-refractivity contribution < 1.29 is 0 Å². The van der Waals surface area contributed by atoms with E-state index >= 15 is 0 Å². The summed E-state index contributed by atoms with van der Waals surface area (Å²) >= 11 is 0. The first-order valence-electron chi connectivity index (χ1n) is 7.04. The zero-order valence-electron chi connectivity index (χ0n) is 13.4. The Morgan fingerprint density at radius 1 is 1.30 bits per heavy atom. The summed E-state index contributed by atoms with van der Waals surface area (Å²) in [5.74, 6) is 0.836. The summed E-state index contributed by atoms with van der Waals surface area (Å²) in [5, 5.41) is 11.2. The zero-order chi connectivity index (χ0) is 14.4. The third-order valence-electron chi connectivity index (χ3n) is 3.11. The van der Waals surface area contributed by atoms with Crippen LogP contribution < -0.4 is 10.6 Å². The van der Waals surface area contributed by atoms with E-state index in [4.69, 9.17) is 0 Å². The first-order valence-corrected chi connectivity index (χ1v) is 7.04. The predicted octanol–water partition coefficient (Wildman–Crippen LogP) is 2.24. The van der Waals surface area contributed by atoms with Crippen LogP contribution in [0.15, 0.2) is 4.99 Å². The van der Waals surface area contributed by atoms with Crippen molar-refractivity contribution in [3.8, 4) is 0 Å². The molecule has 0 aliphatic carbocycles. The van der Waals surface area contributed by atoms with Crippen LogP contribution in [0, 0.1) is 0 Å². The number of nitrogens with one attached hydrogen (secondary N) is 2. The number of nitrogens with zero attached hydrogens (tertiary/aromatic N) is 3. The van der Waals surface area contributed by atoms with Crippen molar-refractivity contribution in [2.24, 2.45) is 12.0 Å². The van der Waals surface area contributed by atoms with Crippen molar-refractivity contribution >= 4 is 29.9 Å². The summed E-state index contributed by atoms with van der Waals surface area (Å²) in [6.07, 6.45) is 1.96. The van der Waals surface area contributed by atoms with Crippen LogP contribution >= 0.6 is 24.0 Å².